The largest absolute Gasteiger partial charge is 1.00 e. The minimum Gasteiger partial charge on any atom is -1.00 e. The van der Waals surface area contributed by atoms with Crippen LogP contribution in [0, 0.1) is 18.3 Å². The van der Waals surface area contributed by atoms with Crippen LogP contribution in [0.25, 0.3) is 5.57 Å². The predicted molar refractivity (Wildman–Crippen MR) is 53.5 cm³/mol. The minimum atomic E-state index is -1.11. The van der Waals surface area contributed by atoms with Crippen LogP contribution in [0.4, 0.5) is 0 Å². The summed E-state index contributed by atoms with van der Waals surface area (Å²) in [4.78, 5) is 10.4. The molecule has 1 aromatic rings. The number of hydrogen-bond donors (Lipinski definition) is 1. The Labute approximate surface area is 132 Å². The maximum absolute atomic E-state index is 10.4. The molecule has 0 unspecified atom stereocenters. The van der Waals surface area contributed by atoms with Crippen LogP contribution < -0.4 is 51.4 Å². The number of carbonyl (C=O) groups is 1. The van der Waals surface area contributed by atoms with Gasteiger partial charge in [-0.3, -0.25) is 0 Å². The van der Waals surface area contributed by atoms with Gasteiger partial charge in [-0.15, -0.1) is 0 Å². The van der Waals surface area contributed by atoms with E-state index in [4.69, 9.17) is 10.4 Å². The molecule has 0 spiro atoms. The fourth-order valence-electron chi connectivity index (χ4n) is 1.04. The van der Waals surface area contributed by atoms with Gasteiger partial charge in [0.15, 0.2) is 0 Å². The number of aliphatic carboxylic acids is 1. The SMILES string of the molecule is Cc1ccc(/C(C#N)=C\C(=O)O)cc1.[H-].[K+]. The van der Waals surface area contributed by atoms with E-state index in [0.29, 0.717) is 5.56 Å². The van der Waals surface area contributed by atoms with E-state index in [2.05, 4.69) is 0 Å². The van der Waals surface area contributed by atoms with Gasteiger partial charge in [0, 0.05) is 6.08 Å². The average Bonchev–Trinajstić information content (AvgIpc) is 2.15. The van der Waals surface area contributed by atoms with Crippen molar-refractivity contribution in [3.63, 3.8) is 0 Å². The number of carboxylic acid groups (broad SMARTS) is 1. The predicted octanol–water partition coefficient (Wildman–Crippen LogP) is -0.897. The molecule has 1 aromatic carbocycles. The second-order valence-corrected chi connectivity index (χ2v) is 2.87. The van der Waals surface area contributed by atoms with E-state index in [1.165, 1.54) is 0 Å². The molecule has 15 heavy (non-hydrogen) atoms. The molecular weight excluding hydrogens is 217 g/mol. The van der Waals surface area contributed by atoms with Crippen LogP contribution in [0.5, 0.6) is 0 Å². The smallest absolute Gasteiger partial charge is 1.00 e. The maximum atomic E-state index is 10.4. The molecule has 0 radical (unpaired) electrons. The Kier molecular flexibility index (Phi) is 6.73. The number of nitriles is 1. The first-order valence-electron chi connectivity index (χ1n) is 4.05. The van der Waals surface area contributed by atoms with Gasteiger partial charge in [0.25, 0.3) is 0 Å². The topological polar surface area (TPSA) is 61.1 Å². The molecule has 1 rings (SSSR count). The Balaban J connectivity index is 0. The molecular formula is C11H10KNO2. The van der Waals surface area contributed by atoms with Gasteiger partial charge in [0.05, 0.1) is 5.57 Å². The Morgan fingerprint density at radius 1 is 1.47 bits per heavy atom. The molecule has 0 saturated carbocycles. The Morgan fingerprint density at radius 3 is 2.40 bits per heavy atom. The van der Waals surface area contributed by atoms with Crippen molar-refractivity contribution in [1.29, 1.82) is 5.26 Å². The Hall–Kier alpha value is -0.444. The summed E-state index contributed by atoms with van der Waals surface area (Å²) < 4.78 is 0. The first kappa shape index (κ1) is 14.6. The second kappa shape index (κ2) is 6.93. The molecule has 0 fully saturated rings. The number of rotatable bonds is 2. The number of carboxylic acids is 1. The molecule has 0 aliphatic heterocycles. The molecule has 0 aliphatic carbocycles. The van der Waals surface area contributed by atoms with Gasteiger partial charge in [-0.25, -0.2) is 4.79 Å². The monoisotopic (exact) mass is 227 g/mol. The van der Waals surface area contributed by atoms with Crippen molar-refractivity contribution in [1.82, 2.24) is 0 Å². The number of nitrogens with zero attached hydrogens (tertiary/aromatic N) is 1. The summed E-state index contributed by atoms with van der Waals surface area (Å²) in [5.74, 6) is -1.11. The van der Waals surface area contributed by atoms with Crippen molar-refractivity contribution < 1.29 is 62.7 Å². The van der Waals surface area contributed by atoms with Gasteiger partial charge in [-0.05, 0) is 12.5 Å². The van der Waals surface area contributed by atoms with Crippen molar-refractivity contribution in [2.45, 2.75) is 6.92 Å². The molecule has 4 heteroatoms. The zero-order chi connectivity index (χ0) is 10.6. The summed E-state index contributed by atoms with van der Waals surface area (Å²) in [5.41, 5.74) is 1.86. The zero-order valence-electron chi connectivity index (χ0n) is 9.69. The summed E-state index contributed by atoms with van der Waals surface area (Å²) in [5, 5.41) is 17.2. The average molecular weight is 227 g/mol. The van der Waals surface area contributed by atoms with Crippen LogP contribution in [0.2, 0.25) is 0 Å². The number of allylic oxidation sites excluding steroid dienone is 1. The first-order chi connectivity index (χ1) is 6.63. The van der Waals surface area contributed by atoms with Crippen LogP contribution in [-0.4, -0.2) is 11.1 Å². The quantitative estimate of drug-likeness (QED) is 0.405. The van der Waals surface area contributed by atoms with E-state index in [0.717, 1.165) is 11.6 Å². The van der Waals surface area contributed by atoms with E-state index < -0.39 is 5.97 Å². The van der Waals surface area contributed by atoms with Crippen molar-refractivity contribution in [2.75, 3.05) is 0 Å². The Morgan fingerprint density at radius 2 is 2.00 bits per heavy atom. The zero-order valence-corrected chi connectivity index (χ0v) is 11.8. The van der Waals surface area contributed by atoms with E-state index in [-0.39, 0.29) is 58.4 Å². The molecule has 0 saturated heterocycles. The number of benzene rings is 1. The standard InChI is InChI=1S/C11H9NO2.K.H/c1-8-2-4-9(5-3-8)10(7-12)6-11(13)14;;/h2-6H,1H3,(H,13,14);;/q;+1;-1/b10-6-;;. The Bertz CT molecular complexity index is 421. The van der Waals surface area contributed by atoms with Gasteiger partial charge in [-0.2, -0.15) is 5.26 Å². The fourth-order valence-corrected chi connectivity index (χ4v) is 1.04. The van der Waals surface area contributed by atoms with Gasteiger partial charge in [0.2, 0.25) is 0 Å². The van der Waals surface area contributed by atoms with Crippen molar-refractivity contribution in [3.8, 4) is 6.07 Å². The van der Waals surface area contributed by atoms with Crippen LogP contribution in [-0.2, 0) is 4.79 Å². The second-order valence-electron chi connectivity index (χ2n) is 2.87. The van der Waals surface area contributed by atoms with Gasteiger partial charge in [-0.1, -0.05) is 29.8 Å². The molecule has 0 aliphatic rings. The minimum absolute atomic E-state index is 0. The molecule has 0 atom stereocenters. The molecule has 0 heterocycles. The van der Waals surface area contributed by atoms with Crippen molar-refractivity contribution in [3.05, 3.63) is 41.5 Å². The summed E-state index contributed by atoms with van der Waals surface area (Å²) >= 11 is 0. The number of hydrogen-bond acceptors (Lipinski definition) is 2. The fraction of sp³-hybridized carbons (Fsp3) is 0.0909. The van der Waals surface area contributed by atoms with Gasteiger partial charge >= 0.3 is 57.4 Å². The molecule has 0 amide bonds. The summed E-state index contributed by atoms with van der Waals surface area (Å²) in [6, 6.07) is 8.98. The molecule has 72 valence electrons. The van der Waals surface area contributed by atoms with Crippen LogP contribution in [0.1, 0.15) is 12.6 Å². The normalized spacial score (nSPS) is 10.0. The van der Waals surface area contributed by atoms with E-state index in [9.17, 15) is 4.79 Å². The van der Waals surface area contributed by atoms with Gasteiger partial charge in [0.1, 0.15) is 6.07 Å². The summed E-state index contributed by atoms with van der Waals surface area (Å²) in [6.07, 6.45) is 0.907. The van der Waals surface area contributed by atoms with E-state index in [1.54, 1.807) is 12.1 Å². The van der Waals surface area contributed by atoms with Crippen LogP contribution >= 0.6 is 0 Å². The van der Waals surface area contributed by atoms with E-state index >= 15 is 0 Å². The third kappa shape index (κ3) is 4.73. The van der Waals surface area contributed by atoms with Gasteiger partial charge < -0.3 is 6.53 Å². The van der Waals surface area contributed by atoms with E-state index in [1.807, 2.05) is 25.1 Å². The van der Waals surface area contributed by atoms with Crippen molar-refractivity contribution >= 4 is 11.5 Å². The molecule has 3 nitrogen and oxygen atoms in total. The third-order valence-electron chi connectivity index (χ3n) is 1.75. The van der Waals surface area contributed by atoms with Crippen LogP contribution in [0.15, 0.2) is 30.3 Å². The molecule has 1 N–H and O–H groups in total. The summed E-state index contributed by atoms with van der Waals surface area (Å²) in [7, 11) is 0. The maximum Gasteiger partial charge on any atom is 1.00 e. The first-order valence-corrected chi connectivity index (χ1v) is 4.05. The third-order valence-corrected chi connectivity index (χ3v) is 1.75. The van der Waals surface area contributed by atoms with Crippen molar-refractivity contribution in [2.24, 2.45) is 0 Å². The molecule has 0 bridgehead atoms. The summed E-state index contributed by atoms with van der Waals surface area (Å²) in [6.45, 7) is 1.93. The van der Waals surface area contributed by atoms with Crippen LogP contribution in [0.3, 0.4) is 0 Å². The molecule has 0 aromatic heterocycles. The number of aryl methyl sites for hydroxylation is 1.